The van der Waals surface area contributed by atoms with Crippen LogP contribution in [0.2, 0.25) is 0 Å². The van der Waals surface area contributed by atoms with Crippen molar-refractivity contribution in [1.29, 1.82) is 0 Å². The molecule has 24 heavy (non-hydrogen) atoms. The van der Waals surface area contributed by atoms with E-state index in [2.05, 4.69) is 75.6 Å². The molecule has 1 saturated heterocycles. The Morgan fingerprint density at radius 2 is 1.79 bits per heavy atom. The monoisotopic (exact) mass is 341 g/mol. The maximum Gasteiger partial charge on any atom is 0.491 e. The topological polar surface area (TPSA) is 31.4 Å². The standard InChI is InChI=1S/C19H24BNO2S/c1-13-6-8-15-10-14(7-9-17(15)21-13)11-16(12-24)20-22-18(2,3)19(4,5)23-20/h6-11,24H,12H2,1-5H3. The van der Waals surface area contributed by atoms with E-state index in [9.17, 15) is 0 Å². The maximum atomic E-state index is 6.14. The summed E-state index contributed by atoms with van der Waals surface area (Å²) in [4.78, 5) is 4.55. The normalized spacial score (nSPS) is 19.9. The molecule has 0 N–H and O–H groups in total. The summed E-state index contributed by atoms with van der Waals surface area (Å²) in [6.07, 6.45) is 2.11. The van der Waals surface area contributed by atoms with Crippen LogP contribution in [0, 0.1) is 6.92 Å². The largest absolute Gasteiger partial charge is 0.491 e. The highest BCUT2D eigenvalue weighted by atomic mass is 32.1. The lowest BCUT2D eigenvalue weighted by Crippen LogP contribution is -2.41. The van der Waals surface area contributed by atoms with Gasteiger partial charge in [0.15, 0.2) is 0 Å². The fraction of sp³-hybridized carbons (Fsp3) is 0.421. The average molecular weight is 341 g/mol. The average Bonchev–Trinajstić information content (AvgIpc) is 2.73. The summed E-state index contributed by atoms with van der Waals surface area (Å²) in [7, 11) is -0.362. The zero-order chi connectivity index (χ0) is 17.5. The van der Waals surface area contributed by atoms with Gasteiger partial charge in [-0.05, 0) is 63.9 Å². The van der Waals surface area contributed by atoms with Gasteiger partial charge in [0.25, 0.3) is 0 Å². The Balaban J connectivity index is 1.92. The molecule has 126 valence electrons. The number of hydrogen-bond acceptors (Lipinski definition) is 4. The molecule has 1 aliphatic rings. The molecule has 1 aliphatic heterocycles. The Kier molecular flexibility index (Phi) is 4.54. The van der Waals surface area contributed by atoms with Crippen LogP contribution in [0.15, 0.2) is 35.8 Å². The highest BCUT2D eigenvalue weighted by molar-refractivity contribution is 7.80. The number of benzene rings is 1. The molecule has 1 fully saturated rings. The van der Waals surface area contributed by atoms with E-state index >= 15 is 0 Å². The first kappa shape index (κ1) is 17.5. The Morgan fingerprint density at radius 1 is 1.12 bits per heavy atom. The number of nitrogens with zero attached hydrogens (tertiary/aromatic N) is 1. The van der Waals surface area contributed by atoms with Crippen LogP contribution in [-0.4, -0.2) is 29.1 Å². The van der Waals surface area contributed by atoms with E-state index in [-0.39, 0.29) is 18.3 Å². The zero-order valence-corrected chi connectivity index (χ0v) is 15.9. The van der Waals surface area contributed by atoms with Crippen LogP contribution in [-0.2, 0) is 9.31 Å². The van der Waals surface area contributed by atoms with Crippen LogP contribution in [0.3, 0.4) is 0 Å². The van der Waals surface area contributed by atoms with Crippen molar-refractivity contribution in [3.05, 3.63) is 47.1 Å². The molecule has 0 amide bonds. The van der Waals surface area contributed by atoms with Crippen LogP contribution >= 0.6 is 12.6 Å². The molecular formula is C19H24BNO2S. The lowest BCUT2D eigenvalue weighted by Gasteiger charge is -2.32. The third-order valence-corrected chi connectivity index (χ3v) is 5.31. The van der Waals surface area contributed by atoms with Gasteiger partial charge in [0.1, 0.15) is 0 Å². The van der Waals surface area contributed by atoms with Crippen molar-refractivity contribution in [1.82, 2.24) is 4.98 Å². The summed E-state index contributed by atoms with van der Waals surface area (Å²) in [5.41, 5.74) is 3.48. The van der Waals surface area contributed by atoms with Gasteiger partial charge in [-0.25, -0.2) is 0 Å². The van der Waals surface area contributed by atoms with Gasteiger partial charge in [0.05, 0.1) is 16.7 Å². The van der Waals surface area contributed by atoms with Gasteiger partial charge in [-0.15, -0.1) is 0 Å². The van der Waals surface area contributed by atoms with E-state index in [1.165, 1.54) is 0 Å². The second-order valence-corrected chi connectivity index (χ2v) is 7.69. The number of pyridine rings is 1. The predicted molar refractivity (Wildman–Crippen MR) is 104 cm³/mol. The Hall–Kier alpha value is -1.30. The summed E-state index contributed by atoms with van der Waals surface area (Å²) >= 11 is 4.48. The zero-order valence-electron chi connectivity index (χ0n) is 15.0. The van der Waals surface area contributed by atoms with Gasteiger partial charge in [-0.3, -0.25) is 4.98 Å². The highest BCUT2D eigenvalue weighted by Gasteiger charge is 2.52. The number of aromatic nitrogens is 1. The Labute approximate surface area is 150 Å². The second-order valence-electron chi connectivity index (χ2n) is 7.37. The second kappa shape index (κ2) is 6.21. The van der Waals surface area contributed by atoms with E-state index in [1.807, 2.05) is 13.0 Å². The van der Waals surface area contributed by atoms with Crippen LogP contribution in [0.4, 0.5) is 0 Å². The highest BCUT2D eigenvalue weighted by Crippen LogP contribution is 2.39. The number of hydrogen-bond donors (Lipinski definition) is 1. The molecule has 5 heteroatoms. The minimum atomic E-state index is -0.362. The fourth-order valence-electron chi connectivity index (χ4n) is 2.73. The lowest BCUT2D eigenvalue weighted by atomic mass is 9.78. The van der Waals surface area contributed by atoms with E-state index in [4.69, 9.17) is 9.31 Å². The predicted octanol–water partition coefficient (Wildman–Crippen LogP) is 4.49. The Bertz CT molecular complexity index is 785. The first-order valence-electron chi connectivity index (χ1n) is 8.26. The summed E-state index contributed by atoms with van der Waals surface area (Å²) in [6.45, 7) is 10.3. The molecule has 2 aromatic rings. The van der Waals surface area contributed by atoms with Gasteiger partial charge >= 0.3 is 7.12 Å². The van der Waals surface area contributed by atoms with Crippen molar-refractivity contribution in [3.8, 4) is 0 Å². The Morgan fingerprint density at radius 3 is 2.42 bits per heavy atom. The molecule has 0 saturated carbocycles. The summed E-state index contributed by atoms with van der Waals surface area (Å²) in [6, 6.07) is 10.4. The molecular weight excluding hydrogens is 317 g/mol. The molecule has 0 bridgehead atoms. The van der Waals surface area contributed by atoms with Crippen molar-refractivity contribution in [3.63, 3.8) is 0 Å². The SMILES string of the molecule is Cc1ccc2cc(C=C(CS)B3OC(C)(C)C(C)(C)O3)ccc2n1. The first-order valence-corrected chi connectivity index (χ1v) is 8.89. The van der Waals surface area contributed by atoms with Crippen molar-refractivity contribution >= 4 is 36.7 Å². The molecule has 0 spiro atoms. The number of aryl methyl sites for hydroxylation is 1. The quantitative estimate of drug-likeness (QED) is 0.659. The molecule has 0 radical (unpaired) electrons. The smallest absolute Gasteiger partial charge is 0.400 e. The first-order chi connectivity index (χ1) is 11.2. The van der Waals surface area contributed by atoms with Crippen molar-refractivity contribution in [2.45, 2.75) is 45.8 Å². The molecule has 1 aromatic heterocycles. The third-order valence-electron chi connectivity index (χ3n) is 4.94. The van der Waals surface area contributed by atoms with Crippen LogP contribution < -0.4 is 0 Å². The summed E-state index contributed by atoms with van der Waals surface area (Å²) in [5, 5.41) is 1.13. The van der Waals surface area contributed by atoms with Crippen LogP contribution in [0.5, 0.6) is 0 Å². The molecule has 0 aliphatic carbocycles. The van der Waals surface area contributed by atoms with E-state index in [0.717, 1.165) is 27.6 Å². The van der Waals surface area contributed by atoms with E-state index in [1.54, 1.807) is 0 Å². The van der Waals surface area contributed by atoms with Crippen molar-refractivity contribution < 1.29 is 9.31 Å². The number of fused-ring (bicyclic) bond motifs is 1. The molecule has 3 nitrogen and oxygen atoms in total. The summed E-state index contributed by atoms with van der Waals surface area (Å²) in [5.74, 6) is 0.584. The molecule has 0 atom stereocenters. The third kappa shape index (κ3) is 3.25. The maximum absolute atomic E-state index is 6.14. The van der Waals surface area contributed by atoms with Gasteiger partial charge in [-0.2, -0.15) is 12.6 Å². The number of thiol groups is 1. The molecule has 2 heterocycles. The molecule has 0 unspecified atom stereocenters. The van der Waals surface area contributed by atoms with E-state index in [0.29, 0.717) is 5.75 Å². The lowest BCUT2D eigenvalue weighted by molar-refractivity contribution is 0.00578. The van der Waals surface area contributed by atoms with Gasteiger partial charge in [0.2, 0.25) is 0 Å². The minimum Gasteiger partial charge on any atom is -0.400 e. The van der Waals surface area contributed by atoms with Crippen molar-refractivity contribution in [2.75, 3.05) is 5.75 Å². The number of rotatable bonds is 3. The van der Waals surface area contributed by atoms with E-state index < -0.39 is 0 Å². The summed E-state index contributed by atoms with van der Waals surface area (Å²) < 4.78 is 12.3. The van der Waals surface area contributed by atoms with Crippen LogP contribution in [0.1, 0.15) is 39.0 Å². The molecule has 3 rings (SSSR count). The molecule has 1 aromatic carbocycles. The van der Waals surface area contributed by atoms with Crippen molar-refractivity contribution in [2.24, 2.45) is 0 Å². The van der Waals surface area contributed by atoms with Crippen LogP contribution in [0.25, 0.3) is 17.0 Å². The van der Waals surface area contributed by atoms with Gasteiger partial charge in [-0.1, -0.05) is 18.2 Å². The van der Waals surface area contributed by atoms with Gasteiger partial charge in [0, 0.05) is 16.8 Å². The fourth-order valence-corrected chi connectivity index (χ4v) is 2.97. The van der Waals surface area contributed by atoms with Gasteiger partial charge < -0.3 is 9.31 Å². The minimum absolute atomic E-state index is 0.343.